The maximum absolute atomic E-state index is 13.8. The summed E-state index contributed by atoms with van der Waals surface area (Å²) in [6.45, 7) is 1.84. The van der Waals surface area contributed by atoms with Crippen molar-refractivity contribution in [3.8, 4) is 11.4 Å². The standard InChI is InChI=1S/C24H24F2N6O3/c1-15-6-7-16(11-17(15)28-22(33)18-12-27-20-5-3-4-9-32(18)20)21-29-23(35-30-21)19(13-34-2)31-10-8-24(25,26)14-31/h3-7,9,11-12,19H,8,10,13-14H2,1-2H3,(H,28,33). The molecule has 0 bridgehead atoms. The maximum Gasteiger partial charge on any atom is 0.274 e. The van der Waals surface area contributed by atoms with Gasteiger partial charge >= 0.3 is 0 Å². The van der Waals surface area contributed by atoms with Gasteiger partial charge in [-0.1, -0.05) is 23.4 Å². The molecule has 1 aliphatic heterocycles. The Bertz CT molecular complexity index is 1370. The number of rotatable bonds is 7. The zero-order valence-corrected chi connectivity index (χ0v) is 19.2. The number of imidazole rings is 1. The molecule has 1 unspecified atom stereocenters. The molecule has 0 radical (unpaired) electrons. The lowest BCUT2D eigenvalue weighted by Crippen LogP contribution is -2.32. The number of aryl methyl sites for hydroxylation is 1. The summed E-state index contributed by atoms with van der Waals surface area (Å²) in [7, 11) is 1.50. The summed E-state index contributed by atoms with van der Waals surface area (Å²) < 4.78 is 39.9. The van der Waals surface area contributed by atoms with Gasteiger partial charge in [-0.15, -0.1) is 0 Å². The van der Waals surface area contributed by atoms with E-state index in [1.807, 2.05) is 37.3 Å². The molecule has 1 N–H and O–H groups in total. The number of methoxy groups -OCH3 is 1. The molecule has 9 nitrogen and oxygen atoms in total. The Hall–Kier alpha value is -3.70. The molecule has 3 aromatic heterocycles. The number of anilines is 1. The summed E-state index contributed by atoms with van der Waals surface area (Å²) in [5, 5.41) is 6.98. The van der Waals surface area contributed by atoms with Crippen LogP contribution < -0.4 is 5.32 Å². The average molecular weight is 482 g/mol. The molecule has 4 aromatic rings. The number of aromatic nitrogens is 4. The van der Waals surface area contributed by atoms with Gasteiger partial charge in [0.25, 0.3) is 11.8 Å². The highest BCUT2D eigenvalue weighted by Gasteiger charge is 2.42. The number of nitrogens with one attached hydrogen (secondary N) is 1. The summed E-state index contributed by atoms with van der Waals surface area (Å²) in [6.07, 6.45) is 3.07. The number of likely N-dealkylation sites (tertiary alicyclic amines) is 1. The number of pyridine rings is 1. The van der Waals surface area contributed by atoms with Gasteiger partial charge in [0.05, 0.1) is 19.3 Å². The highest BCUT2D eigenvalue weighted by molar-refractivity contribution is 6.04. The molecule has 0 saturated carbocycles. The number of hydrogen-bond donors (Lipinski definition) is 1. The molecule has 0 aliphatic carbocycles. The lowest BCUT2D eigenvalue weighted by molar-refractivity contribution is -0.00153. The number of halogens is 2. The van der Waals surface area contributed by atoms with Gasteiger partial charge in [-0.25, -0.2) is 13.8 Å². The Morgan fingerprint density at radius 2 is 2.17 bits per heavy atom. The average Bonchev–Trinajstić information content (AvgIpc) is 3.57. The molecule has 35 heavy (non-hydrogen) atoms. The topological polar surface area (TPSA) is 97.8 Å². The first-order valence-corrected chi connectivity index (χ1v) is 11.1. The summed E-state index contributed by atoms with van der Waals surface area (Å²) in [5.41, 5.74) is 3.11. The number of nitrogens with zero attached hydrogens (tertiary/aromatic N) is 5. The minimum Gasteiger partial charge on any atom is -0.383 e. The quantitative estimate of drug-likeness (QED) is 0.426. The van der Waals surface area contributed by atoms with E-state index >= 15 is 0 Å². The Labute approximate surface area is 199 Å². The number of ether oxygens (including phenoxy) is 1. The van der Waals surface area contributed by atoms with Gasteiger partial charge in [-0.3, -0.25) is 14.1 Å². The van der Waals surface area contributed by atoms with E-state index < -0.39 is 12.0 Å². The normalized spacial score (nSPS) is 16.6. The highest BCUT2D eigenvalue weighted by atomic mass is 19.3. The second kappa shape index (κ2) is 9.16. The Balaban J connectivity index is 1.38. The zero-order chi connectivity index (χ0) is 24.6. The molecule has 1 fully saturated rings. The van der Waals surface area contributed by atoms with Gasteiger partial charge < -0.3 is 14.6 Å². The van der Waals surface area contributed by atoms with Crippen LogP contribution in [0.5, 0.6) is 0 Å². The molecule has 1 saturated heterocycles. The molecule has 1 amide bonds. The van der Waals surface area contributed by atoms with Crippen molar-refractivity contribution in [2.24, 2.45) is 0 Å². The first-order valence-electron chi connectivity index (χ1n) is 11.1. The largest absolute Gasteiger partial charge is 0.383 e. The van der Waals surface area contributed by atoms with Crippen molar-refractivity contribution in [1.29, 1.82) is 0 Å². The Morgan fingerprint density at radius 3 is 2.94 bits per heavy atom. The van der Waals surface area contributed by atoms with Crippen molar-refractivity contribution in [2.75, 3.05) is 32.1 Å². The number of fused-ring (bicyclic) bond motifs is 1. The molecule has 0 spiro atoms. The number of amides is 1. The summed E-state index contributed by atoms with van der Waals surface area (Å²) in [5.74, 6) is -2.57. The van der Waals surface area contributed by atoms with Crippen molar-refractivity contribution in [2.45, 2.75) is 25.3 Å². The summed E-state index contributed by atoms with van der Waals surface area (Å²) in [6, 6.07) is 10.3. The van der Waals surface area contributed by atoms with E-state index in [-0.39, 0.29) is 43.7 Å². The fraction of sp³-hybridized carbons (Fsp3) is 0.333. The molecule has 1 atom stereocenters. The van der Waals surface area contributed by atoms with Crippen molar-refractivity contribution in [1.82, 2.24) is 24.4 Å². The van der Waals surface area contributed by atoms with E-state index in [0.29, 0.717) is 22.6 Å². The van der Waals surface area contributed by atoms with E-state index in [4.69, 9.17) is 9.26 Å². The second-order valence-corrected chi connectivity index (χ2v) is 8.56. The van der Waals surface area contributed by atoms with Crippen molar-refractivity contribution >= 4 is 17.2 Å². The van der Waals surface area contributed by atoms with Crippen LogP contribution in [0.15, 0.2) is 53.3 Å². The van der Waals surface area contributed by atoms with Crippen LogP contribution >= 0.6 is 0 Å². The van der Waals surface area contributed by atoms with Crippen LogP contribution in [0.25, 0.3) is 17.0 Å². The third-order valence-electron chi connectivity index (χ3n) is 6.08. The van der Waals surface area contributed by atoms with Crippen LogP contribution in [0, 0.1) is 6.92 Å². The maximum atomic E-state index is 13.8. The minimum absolute atomic E-state index is 0.145. The van der Waals surface area contributed by atoms with Crippen LogP contribution in [-0.4, -0.2) is 63.1 Å². The third-order valence-corrected chi connectivity index (χ3v) is 6.08. The third kappa shape index (κ3) is 4.64. The van der Waals surface area contributed by atoms with Crippen LogP contribution in [0.1, 0.15) is 34.4 Å². The number of alkyl halides is 2. The summed E-state index contributed by atoms with van der Waals surface area (Å²) >= 11 is 0. The first-order chi connectivity index (χ1) is 16.8. The summed E-state index contributed by atoms with van der Waals surface area (Å²) in [4.78, 5) is 23.3. The van der Waals surface area contributed by atoms with Crippen LogP contribution in [-0.2, 0) is 4.74 Å². The van der Waals surface area contributed by atoms with Crippen molar-refractivity contribution < 1.29 is 22.8 Å². The van der Waals surface area contributed by atoms with E-state index in [1.54, 1.807) is 21.6 Å². The predicted molar refractivity (Wildman–Crippen MR) is 123 cm³/mol. The molecular weight excluding hydrogens is 458 g/mol. The fourth-order valence-corrected chi connectivity index (χ4v) is 4.19. The zero-order valence-electron chi connectivity index (χ0n) is 19.2. The number of hydrogen-bond acceptors (Lipinski definition) is 7. The lowest BCUT2D eigenvalue weighted by atomic mass is 10.1. The second-order valence-electron chi connectivity index (χ2n) is 8.56. The van der Waals surface area contributed by atoms with Crippen LogP contribution in [0.4, 0.5) is 14.5 Å². The van der Waals surface area contributed by atoms with Crippen LogP contribution in [0.3, 0.4) is 0 Å². The molecular formula is C24H24F2N6O3. The van der Waals surface area contributed by atoms with E-state index in [2.05, 4.69) is 20.4 Å². The van der Waals surface area contributed by atoms with Gasteiger partial charge in [0.15, 0.2) is 0 Å². The molecule has 5 rings (SSSR count). The van der Waals surface area contributed by atoms with Gasteiger partial charge in [0.1, 0.15) is 17.4 Å². The van der Waals surface area contributed by atoms with E-state index in [1.165, 1.54) is 13.3 Å². The van der Waals surface area contributed by atoms with Gasteiger partial charge in [0, 0.05) is 37.5 Å². The van der Waals surface area contributed by atoms with Gasteiger partial charge in [-0.05, 0) is 30.7 Å². The van der Waals surface area contributed by atoms with Gasteiger partial charge in [-0.2, -0.15) is 4.98 Å². The van der Waals surface area contributed by atoms with Crippen LogP contribution in [0.2, 0.25) is 0 Å². The smallest absolute Gasteiger partial charge is 0.274 e. The molecule has 4 heterocycles. The SMILES string of the molecule is COCC(c1nc(-c2ccc(C)c(NC(=O)c3cnc4ccccn34)c2)no1)N1CCC(F)(F)C1. The molecule has 1 aliphatic rings. The lowest BCUT2D eigenvalue weighted by Gasteiger charge is -2.23. The fourth-order valence-electron chi connectivity index (χ4n) is 4.19. The van der Waals surface area contributed by atoms with Crippen molar-refractivity contribution in [3.05, 3.63) is 65.9 Å². The van der Waals surface area contributed by atoms with E-state index in [0.717, 1.165) is 5.56 Å². The predicted octanol–water partition coefficient (Wildman–Crippen LogP) is 3.97. The Morgan fingerprint density at radius 1 is 1.31 bits per heavy atom. The molecule has 182 valence electrons. The highest BCUT2D eigenvalue weighted by Crippen LogP contribution is 2.34. The number of carbonyl (C=O) groups is 1. The Kier molecular flexibility index (Phi) is 6.03. The first kappa shape index (κ1) is 23.1. The van der Waals surface area contributed by atoms with Gasteiger partial charge in [0.2, 0.25) is 11.7 Å². The number of benzene rings is 1. The monoisotopic (exact) mass is 482 g/mol. The molecule has 1 aromatic carbocycles. The minimum atomic E-state index is -2.75. The van der Waals surface area contributed by atoms with Crippen molar-refractivity contribution in [3.63, 3.8) is 0 Å². The van der Waals surface area contributed by atoms with E-state index in [9.17, 15) is 13.6 Å². The number of carbonyl (C=O) groups excluding carboxylic acids is 1. The molecule has 11 heteroatoms.